The van der Waals surface area contributed by atoms with Crippen molar-refractivity contribution in [3.05, 3.63) is 70.0 Å². The second-order valence-corrected chi connectivity index (χ2v) is 7.20. The van der Waals surface area contributed by atoms with Gasteiger partial charge in [0.1, 0.15) is 5.76 Å². The smallest absolute Gasteiger partial charge is 0.262 e. The first-order valence-electron chi connectivity index (χ1n) is 9.08. The summed E-state index contributed by atoms with van der Waals surface area (Å²) < 4.78 is 9.39. The van der Waals surface area contributed by atoms with Crippen molar-refractivity contribution >= 4 is 16.8 Å². The van der Waals surface area contributed by atoms with Gasteiger partial charge in [-0.25, -0.2) is 9.38 Å². The number of rotatable bonds is 5. The van der Waals surface area contributed by atoms with Crippen LogP contribution in [0.1, 0.15) is 37.3 Å². The Balaban J connectivity index is 2.01. The summed E-state index contributed by atoms with van der Waals surface area (Å²) in [6.45, 7) is 6.93. The van der Waals surface area contributed by atoms with Crippen LogP contribution < -0.4 is 5.56 Å². The Kier molecular flexibility index (Phi) is 4.15. The van der Waals surface area contributed by atoms with Gasteiger partial charge in [-0.15, -0.1) is 0 Å². The molecule has 0 aliphatic carbocycles. The Bertz CT molecular complexity index is 1120. The highest BCUT2D eigenvalue weighted by Crippen LogP contribution is 2.20. The Morgan fingerprint density at radius 3 is 2.69 bits per heavy atom. The third kappa shape index (κ3) is 2.73. The first-order valence-corrected chi connectivity index (χ1v) is 9.08. The summed E-state index contributed by atoms with van der Waals surface area (Å²) in [5.74, 6) is 2.06. The molecule has 0 fully saturated rings. The van der Waals surface area contributed by atoms with Crippen molar-refractivity contribution in [3.8, 4) is 0 Å². The van der Waals surface area contributed by atoms with Crippen molar-refractivity contribution in [1.82, 2.24) is 14.0 Å². The highest BCUT2D eigenvalue weighted by atomic mass is 16.3. The first kappa shape index (κ1) is 16.6. The van der Waals surface area contributed by atoms with Gasteiger partial charge in [-0.2, -0.15) is 0 Å². The third-order valence-electron chi connectivity index (χ3n) is 4.95. The topological polar surface area (TPSA) is 52.4 Å². The van der Waals surface area contributed by atoms with E-state index in [1.807, 2.05) is 43.3 Å². The predicted octanol–water partition coefficient (Wildman–Crippen LogP) is 4.19. The van der Waals surface area contributed by atoms with Crippen molar-refractivity contribution < 1.29 is 4.42 Å². The van der Waals surface area contributed by atoms with Gasteiger partial charge in [-0.1, -0.05) is 26.0 Å². The van der Waals surface area contributed by atoms with Crippen molar-refractivity contribution in [2.24, 2.45) is 5.92 Å². The number of imidazole rings is 1. The quantitative estimate of drug-likeness (QED) is 0.543. The number of fused-ring (bicyclic) bond motifs is 3. The van der Waals surface area contributed by atoms with E-state index in [-0.39, 0.29) is 5.56 Å². The maximum atomic E-state index is 13.3. The van der Waals surface area contributed by atoms with E-state index in [9.17, 15) is 4.79 Å². The van der Waals surface area contributed by atoms with Crippen LogP contribution in [0.2, 0.25) is 0 Å². The lowest BCUT2D eigenvalue weighted by atomic mass is 10.0. The Labute approximate surface area is 151 Å². The summed E-state index contributed by atoms with van der Waals surface area (Å²) in [6.07, 6.45) is 3.42. The van der Waals surface area contributed by atoms with E-state index in [4.69, 9.17) is 9.40 Å². The summed E-state index contributed by atoms with van der Waals surface area (Å²) in [4.78, 5) is 18.0. The van der Waals surface area contributed by atoms with Gasteiger partial charge in [0.05, 0.1) is 23.8 Å². The van der Waals surface area contributed by atoms with Crippen LogP contribution in [0, 0.1) is 12.8 Å². The molecule has 0 N–H and O–H groups in total. The Morgan fingerprint density at radius 2 is 1.96 bits per heavy atom. The Morgan fingerprint density at radius 1 is 1.15 bits per heavy atom. The molecule has 3 heterocycles. The number of para-hydroxylation sites is 2. The zero-order chi connectivity index (χ0) is 18.3. The fourth-order valence-corrected chi connectivity index (χ4v) is 3.47. The van der Waals surface area contributed by atoms with Crippen molar-refractivity contribution in [2.75, 3.05) is 0 Å². The van der Waals surface area contributed by atoms with Crippen LogP contribution in [0.25, 0.3) is 16.8 Å². The van der Waals surface area contributed by atoms with Gasteiger partial charge in [-0.05, 0) is 49.9 Å². The van der Waals surface area contributed by atoms with Gasteiger partial charge in [-0.3, -0.25) is 4.79 Å². The molecule has 0 spiro atoms. The number of aromatic nitrogens is 3. The summed E-state index contributed by atoms with van der Waals surface area (Å²) in [6, 6.07) is 11.6. The van der Waals surface area contributed by atoms with Gasteiger partial charge >= 0.3 is 0 Å². The van der Waals surface area contributed by atoms with Crippen LogP contribution in [0.3, 0.4) is 0 Å². The zero-order valence-electron chi connectivity index (χ0n) is 15.4. The average Bonchev–Trinajstić information content (AvgIpc) is 3.25. The van der Waals surface area contributed by atoms with Gasteiger partial charge in [0.15, 0.2) is 0 Å². The van der Waals surface area contributed by atoms with Crippen LogP contribution in [-0.2, 0) is 13.0 Å². The van der Waals surface area contributed by atoms with Crippen molar-refractivity contribution in [2.45, 2.75) is 40.2 Å². The lowest BCUT2D eigenvalue weighted by Crippen LogP contribution is -2.26. The van der Waals surface area contributed by atoms with E-state index in [2.05, 4.69) is 18.4 Å². The van der Waals surface area contributed by atoms with Gasteiger partial charge in [0.25, 0.3) is 5.56 Å². The molecule has 5 heteroatoms. The van der Waals surface area contributed by atoms with E-state index in [0.717, 1.165) is 40.9 Å². The lowest BCUT2D eigenvalue weighted by Gasteiger charge is -2.16. The molecular formula is C21H23N3O2. The van der Waals surface area contributed by atoms with Crippen LogP contribution in [-0.4, -0.2) is 14.0 Å². The summed E-state index contributed by atoms with van der Waals surface area (Å²) in [5, 5.41) is 0. The van der Waals surface area contributed by atoms with Crippen LogP contribution >= 0.6 is 0 Å². The molecule has 3 aromatic heterocycles. The molecule has 0 saturated heterocycles. The maximum absolute atomic E-state index is 13.3. The SMILES string of the molecule is Cc1c(CCC(C)C)c(=O)n2c3ccccc3nc2n1Cc1ccco1. The lowest BCUT2D eigenvalue weighted by molar-refractivity contribution is 0.489. The molecule has 1 aromatic carbocycles. The Hall–Kier alpha value is -2.82. The molecule has 0 radical (unpaired) electrons. The largest absolute Gasteiger partial charge is 0.467 e. The molecule has 0 aliphatic heterocycles. The fourth-order valence-electron chi connectivity index (χ4n) is 3.47. The molecular weight excluding hydrogens is 326 g/mol. The summed E-state index contributed by atoms with van der Waals surface area (Å²) in [7, 11) is 0. The number of hydrogen-bond acceptors (Lipinski definition) is 3. The molecule has 5 nitrogen and oxygen atoms in total. The van der Waals surface area contributed by atoms with Crippen molar-refractivity contribution in [3.63, 3.8) is 0 Å². The van der Waals surface area contributed by atoms with Gasteiger partial charge < -0.3 is 8.98 Å². The van der Waals surface area contributed by atoms with E-state index in [0.29, 0.717) is 18.2 Å². The third-order valence-corrected chi connectivity index (χ3v) is 4.95. The number of furan rings is 1. The number of nitrogens with zero attached hydrogens (tertiary/aromatic N) is 3. The second kappa shape index (κ2) is 6.48. The maximum Gasteiger partial charge on any atom is 0.262 e. The standard InChI is InChI=1S/C21H23N3O2/c1-14(2)10-11-17-15(3)23(13-16-7-6-12-26-16)21-22-18-8-4-5-9-19(18)24(21)20(17)25/h4-9,12,14H,10-11,13H2,1-3H3. The number of hydrogen-bond donors (Lipinski definition) is 0. The molecule has 0 bridgehead atoms. The van der Waals surface area contributed by atoms with Gasteiger partial charge in [0.2, 0.25) is 5.78 Å². The minimum absolute atomic E-state index is 0.0440. The molecule has 0 atom stereocenters. The first-order chi connectivity index (χ1) is 12.6. The zero-order valence-corrected chi connectivity index (χ0v) is 15.4. The summed E-state index contributed by atoms with van der Waals surface area (Å²) >= 11 is 0. The molecule has 0 saturated carbocycles. The van der Waals surface area contributed by atoms with E-state index in [1.54, 1.807) is 10.7 Å². The number of benzene rings is 1. The molecule has 0 aliphatic rings. The molecule has 26 heavy (non-hydrogen) atoms. The molecule has 4 aromatic rings. The molecule has 134 valence electrons. The van der Waals surface area contributed by atoms with Crippen LogP contribution in [0.15, 0.2) is 51.9 Å². The van der Waals surface area contributed by atoms with E-state index >= 15 is 0 Å². The van der Waals surface area contributed by atoms with E-state index < -0.39 is 0 Å². The predicted molar refractivity (Wildman–Crippen MR) is 103 cm³/mol. The molecule has 4 rings (SSSR count). The highest BCUT2D eigenvalue weighted by molar-refractivity contribution is 5.79. The minimum Gasteiger partial charge on any atom is -0.467 e. The summed E-state index contributed by atoms with van der Waals surface area (Å²) in [5.41, 5.74) is 3.56. The second-order valence-electron chi connectivity index (χ2n) is 7.20. The normalized spacial score (nSPS) is 11.8. The van der Waals surface area contributed by atoms with E-state index in [1.165, 1.54) is 0 Å². The monoisotopic (exact) mass is 349 g/mol. The van der Waals surface area contributed by atoms with Crippen LogP contribution in [0.4, 0.5) is 0 Å². The molecule has 0 unspecified atom stereocenters. The highest BCUT2D eigenvalue weighted by Gasteiger charge is 2.18. The minimum atomic E-state index is 0.0440. The van der Waals surface area contributed by atoms with Crippen LogP contribution in [0.5, 0.6) is 0 Å². The average molecular weight is 349 g/mol. The fraction of sp³-hybridized carbons (Fsp3) is 0.333. The van der Waals surface area contributed by atoms with Gasteiger partial charge in [0, 0.05) is 11.3 Å². The molecule has 0 amide bonds. The van der Waals surface area contributed by atoms with Crippen molar-refractivity contribution in [1.29, 1.82) is 0 Å².